The van der Waals surface area contributed by atoms with Crippen LogP contribution in [0.2, 0.25) is 0 Å². The van der Waals surface area contributed by atoms with Crippen LogP contribution >= 0.6 is 0 Å². The van der Waals surface area contributed by atoms with Crippen LogP contribution in [0.15, 0.2) is 11.8 Å². The number of halogens is 3. The van der Waals surface area contributed by atoms with Crippen molar-refractivity contribution >= 4 is 0 Å². The standard InChI is InChI=1S/C7H12F3NO/c8-7(9,10)4-2-1-3-6(11)5-12/h3,12H,1-2,4-5,11H2/b6-3-. The second-order valence-corrected chi connectivity index (χ2v) is 2.44. The first-order valence-corrected chi connectivity index (χ1v) is 3.58. The van der Waals surface area contributed by atoms with Gasteiger partial charge in [-0.3, -0.25) is 0 Å². The van der Waals surface area contributed by atoms with Crippen LogP contribution in [0.25, 0.3) is 0 Å². The Morgan fingerprint density at radius 1 is 1.42 bits per heavy atom. The maximum atomic E-state index is 11.6. The van der Waals surface area contributed by atoms with Crippen LogP contribution in [0.1, 0.15) is 19.3 Å². The van der Waals surface area contributed by atoms with Crippen LogP contribution in [0.3, 0.4) is 0 Å². The van der Waals surface area contributed by atoms with E-state index in [1.165, 1.54) is 6.08 Å². The molecule has 0 bridgehead atoms. The van der Waals surface area contributed by atoms with Gasteiger partial charge in [0.1, 0.15) is 0 Å². The number of allylic oxidation sites excluding steroid dienone is 1. The Balaban J connectivity index is 3.45. The molecule has 0 aromatic carbocycles. The Labute approximate surface area is 68.9 Å². The molecule has 0 aliphatic heterocycles. The molecular weight excluding hydrogens is 171 g/mol. The maximum Gasteiger partial charge on any atom is 0.389 e. The molecule has 0 aliphatic carbocycles. The van der Waals surface area contributed by atoms with Gasteiger partial charge in [0.2, 0.25) is 0 Å². The zero-order valence-electron chi connectivity index (χ0n) is 6.56. The first-order valence-electron chi connectivity index (χ1n) is 3.58. The van der Waals surface area contributed by atoms with Gasteiger partial charge in [-0.25, -0.2) is 0 Å². The summed E-state index contributed by atoms with van der Waals surface area (Å²) in [5, 5.41) is 8.38. The van der Waals surface area contributed by atoms with Crippen LogP contribution in [0.5, 0.6) is 0 Å². The third-order valence-electron chi connectivity index (χ3n) is 1.25. The molecule has 0 heterocycles. The summed E-state index contributed by atoms with van der Waals surface area (Å²) in [4.78, 5) is 0. The van der Waals surface area contributed by atoms with Gasteiger partial charge in [0.25, 0.3) is 0 Å². The molecule has 0 saturated carbocycles. The number of hydrogen-bond donors (Lipinski definition) is 2. The van der Waals surface area contributed by atoms with Gasteiger partial charge in [0.05, 0.1) is 6.61 Å². The van der Waals surface area contributed by atoms with E-state index in [1.54, 1.807) is 0 Å². The largest absolute Gasteiger partial charge is 0.400 e. The number of alkyl halides is 3. The molecule has 0 spiro atoms. The lowest BCUT2D eigenvalue weighted by atomic mass is 10.2. The minimum atomic E-state index is -4.10. The highest BCUT2D eigenvalue weighted by Crippen LogP contribution is 2.22. The van der Waals surface area contributed by atoms with Gasteiger partial charge < -0.3 is 10.8 Å². The van der Waals surface area contributed by atoms with E-state index in [4.69, 9.17) is 10.8 Å². The van der Waals surface area contributed by atoms with Crippen LogP contribution in [0.4, 0.5) is 13.2 Å². The van der Waals surface area contributed by atoms with Gasteiger partial charge in [-0.15, -0.1) is 0 Å². The van der Waals surface area contributed by atoms with E-state index >= 15 is 0 Å². The monoisotopic (exact) mass is 183 g/mol. The summed E-state index contributed by atoms with van der Waals surface area (Å²) in [6.45, 7) is -0.300. The molecular formula is C7H12F3NO. The fourth-order valence-electron chi connectivity index (χ4n) is 0.655. The van der Waals surface area contributed by atoms with E-state index in [9.17, 15) is 13.2 Å². The van der Waals surface area contributed by atoms with Gasteiger partial charge in [0.15, 0.2) is 0 Å². The van der Waals surface area contributed by atoms with Crippen molar-refractivity contribution in [2.24, 2.45) is 5.73 Å². The molecule has 0 amide bonds. The summed E-state index contributed by atoms with van der Waals surface area (Å²) in [6.07, 6.45) is -3.22. The van der Waals surface area contributed by atoms with E-state index in [2.05, 4.69) is 0 Å². The predicted octanol–water partition coefficient (Wildman–Crippen LogP) is 1.55. The smallest absolute Gasteiger partial charge is 0.389 e. The summed E-state index contributed by atoms with van der Waals surface area (Å²) in [5.41, 5.74) is 5.37. The van der Waals surface area contributed by atoms with E-state index < -0.39 is 12.6 Å². The maximum absolute atomic E-state index is 11.6. The lowest BCUT2D eigenvalue weighted by Crippen LogP contribution is -2.06. The Kier molecular flexibility index (Phi) is 4.73. The van der Waals surface area contributed by atoms with Crippen LogP contribution in [0, 0.1) is 0 Å². The average molecular weight is 183 g/mol. The highest BCUT2D eigenvalue weighted by Gasteiger charge is 2.25. The minimum absolute atomic E-state index is 0.0181. The van der Waals surface area contributed by atoms with E-state index in [1.807, 2.05) is 0 Å². The van der Waals surface area contributed by atoms with E-state index in [0.29, 0.717) is 0 Å². The first-order chi connectivity index (χ1) is 5.45. The molecule has 0 saturated heterocycles. The fourth-order valence-corrected chi connectivity index (χ4v) is 0.655. The molecule has 0 rings (SSSR count). The van der Waals surface area contributed by atoms with Gasteiger partial charge in [0, 0.05) is 12.1 Å². The molecule has 3 N–H and O–H groups in total. The number of aliphatic hydroxyl groups is 1. The summed E-state index contributed by atoms with van der Waals surface area (Å²) in [7, 11) is 0. The van der Waals surface area contributed by atoms with Crippen LogP contribution in [-0.4, -0.2) is 17.9 Å². The van der Waals surface area contributed by atoms with Crippen molar-refractivity contribution in [2.75, 3.05) is 6.61 Å². The second-order valence-electron chi connectivity index (χ2n) is 2.44. The molecule has 12 heavy (non-hydrogen) atoms. The molecule has 0 radical (unpaired) electrons. The average Bonchev–Trinajstić information content (AvgIpc) is 1.96. The molecule has 0 fully saturated rings. The molecule has 0 atom stereocenters. The molecule has 0 unspecified atom stereocenters. The van der Waals surface area contributed by atoms with Crippen LogP contribution in [-0.2, 0) is 0 Å². The number of unbranched alkanes of at least 4 members (excludes halogenated alkanes) is 1. The topological polar surface area (TPSA) is 46.2 Å². The Bertz CT molecular complexity index is 153. The van der Waals surface area contributed by atoms with Gasteiger partial charge in [-0.05, 0) is 12.8 Å². The summed E-state index contributed by atoms with van der Waals surface area (Å²) < 4.78 is 34.7. The third-order valence-corrected chi connectivity index (χ3v) is 1.25. The number of aliphatic hydroxyl groups excluding tert-OH is 1. The minimum Gasteiger partial charge on any atom is -0.400 e. The van der Waals surface area contributed by atoms with Crippen molar-refractivity contribution in [1.29, 1.82) is 0 Å². The zero-order valence-corrected chi connectivity index (χ0v) is 6.56. The zero-order chi connectivity index (χ0) is 9.61. The van der Waals surface area contributed by atoms with Crippen molar-refractivity contribution in [3.05, 3.63) is 11.8 Å². The van der Waals surface area contributed by atoms with Crippen molar-refractivity contribution in [1.82, 2.24) is 0 Å². The molecule has 0 aromatic heterocycles. The highest BCUT2D eigenvalue weighted by atomic mass is 19.4. The SMILES string of the molecule is N/C(=C\CCCC(F)(F)F)CO. The van der Waals surface area contributed by atoms with E-state index in [0.717, 1.165) is 0 Å². The van der Waals surface area contributed by atoms with Gasteiger partial charge >= 0.3 is 6.18 Å². The molecule has 0 aromatic rings. The quantitative estimate of drug-likeness (QED) is 0.649. The molecule has 5 heteroatoms. The Hall–Kier alpha value is -0.710. The number of rotatable bonds is 4. The van der Waals surface area contributed by atoms with E-state index in [-0.39, 0.29) is 25.1 Å². The predicted molar refractivity (Wildman–Crippen MR) is 39.3 cm³/mol. The van der Waals surface area contributed by atoms with Crippen molar-refractivity contribution in [2.45, 2.75) is 25.4 Å². The normalized spacial score (nSPS) is 13.5. The Morgan fingerprint density at radius 2 is 2.00 bits per heavy atom. The van der Waals surface area contributed by atoms with Crippen molar-refractivity contribution in [3.8, 4) is 0 Å². The number of nitrogens with two attached hydrogens (primary N) is 1. The third kappa shape index (κ3) is 7.40. The molecule has 0 aliphatic rings. The fraction of sp³-hybridized carbons (Fsp3) is 0.714. The summed E-state index contributed by atoms with van der Waals surface area (Å²) in [6, 6.07) is 0. The number of hydrogen-bond acceptors (Lipinski definition) is 2. The van der Waals surface area contributed by atoms with Gasteiger partial charge in [-0.2, -0.15) is 13.2 Å². The van der Waals surface area contributed by atoms with Crippen LogP contribution < -0.4 is 5.73 Å². The second kappa shape index (κ2) is 5.03. The molecule has 72 valence electrons. The summed E-state index contributed by atoms with van der Waals surface area (Å²) >= 11 is 0. The van der Waals surface area contributed by atoms with Crippen molar-refractivity contribution in [3.63, 3.8) is 0 Å². The molecule has 2 nitrogen and oxygen atoms in total. The van der Waals surface area contributed by atoms with Gasteiger partial charge in [-0.1, -0.05) is 6.08 Å². The first kappa shape index (κ1) is 11.3. The highest BCUT2D eigenvalue weighted by molar-refractivity contribution is 4.95. The van der Waals surface area contributed by atoms with Crippen molar-refractivity contribution < 1.29 is 18.3 Å². The lowest BCUT2D eigenvalue weighted by molar-refractivity contribution is -0.135. The summed E-state index contributed by atoms with van der Waals surface area (Å²) in [5.74, 6) is 0. The lowest BCUT2D eigenvalue weighted by Gasteiger charge is -2.03. The Morgan fingerprint density at radius 3 is 2.42 bits per heavy atom.